The minimum Gasteiger partial charge on any atom is -0.508 e. The first-order valence-corrected chi connectivity index (χ1v) is 9.71. The van der Waals surface area contributed by atoms with Crippen molar-refractivity contribution in [3.8, 4) is 22.1 Å². The quantitative estimate of drug-likeness (QED) is 0.324. The predicted octanol–water partition coefficient (Wildman–Crippen LogP) is 4.54. The standard InChI is InChI=1S/C20H20N4O2S2/c1-12-18(28-19(21-12)14-4-8-16(25)9-5-14)13(2)23-24-20(27)22-15-6-10-17(26-3)11-7-15/h4-11,25H,1-3H3,(H2,22,24,27)/b23-13+. The Balaban J connectivity index is 1.67. The number of nitrogens with zero attached hydrogens (tertiary/aromatic N) is 2. The number of nitrogens with one attached hydrogen (secondary N) is 2. The number of hydrazone groups is 1. The first-order chi connectivity index (χ1) is 13.5. The van der Waals surface area contributed by atoms with Crippen molar-refractivity contribution < 1.29 is 9.84 Å². The SMILES string of the molecule is COc1ccc(NC(=S)N/N=C(\C)c2sc(-c3ccc(O)cc3)nc2C)cc1. The van der Waals surface area contributed by atoms with Crippen LogP contribution in [0.5, 0.6) is 11.5 Å². The number of thiazole rings is 1. The first kappa shape index (κ1) is 19.8. The van der Waals surface area contributed by atoms with E-state index >= 15 is 0 Å². The van der Waals surface area contributed by atoms with Gasteiger partial charge in [0.1, 0.15) is 16.5 Å². The number of benzene rings is 2. The summed E-state index contributed by atoms with van der Waals surface area (Å²) in [5, 5.41) is 18.2. The highest BCUT2D eigenvalue weighted by atomic mass is 32.1. The zero-order valence-corrected chi connectivity index (χ0v) is 17.3. The number of methoxy groups -OCH3 is 1. The van der Waals surface area contributed by atoms with E-state index in [1.165, 1.54) is 0 Å². The van der Waals surface area contributed by atoms with Crippen molar-refractivity contribution >= 4 is 40.1 Å². The van der Waals surface area contributed by atoms with Crippen LogP contribution in [0.4, 0.5) is 5.69 Å². The molecular weight excluding hydrogens is 392 g/mol. The van der Waals surface area contributed by atoms with Crippen LogP contribution in [0.1, 0.15) is 17.5 Å². The lowest BCUT2D eigenvalue weighted by molar-refractivity contribution is 0.415. The molecule has 0 amide bonds. The molecule has 3 rings (SSSR count). The van der Waals surface area contributed by atoms with Crippen molar-refractivity contribution in [2.45, 2.75) is 13.8 Å². The fourth-order valence-corrected chi connectivity index (χ4v) is 3.66. The van der Waals surface area contributed by atoms with Gasteiger partial charge in [0.25, 0.3) is 0 Å². The van der Waals surface area contributed by atoms with Crippen LogP contribution in [0.25, 0.3) is 10.6 Å². The molecule has 0 aliphatic rings. The van der Waals surface area contributed by atoms with Crippen molar-refractivity contribution in [3.05, 3.63) is 59.1 Å². The molecule has 0 bridgehead atoms. The highest BCUT2D eigenvalue weighted by molar-refractivity contribution is 7.80. The minimum atomic E-state index is 0.233. The highest BCUT2D eigenvalue weighted by Crippen LogP contribution is 2.29. The van der Waals surface area contributed by atoms with Gasteiger partial charge >= 0.3 is 0 Å². The van der Waals surface area contributed by atoms with Crippen LogP contribution in [-0.2, 0) is 0 Å². The Hall–Kier alpha value is -2.97. The van der Waals surface area contributed by atoms with Crippen molar-refractivity contribution in [2.24, 2.45) is 5.10 Å². The fraction of sp³-hybridized carbons (Fsp3) is 0.150. The fourth-order valence-electron chi connectivity index (χ4n) is 2.48. The van der Waals surface area contributed by atoms with Crippen LogP contribution in [0, 0.1) is 6.92 Å². The van der Waals surface area contributed by atoms with E-state index in [9.17, 15) is 5.11 Å². The number of hydrogen-bond donors (Lipinski definition) is 3. The van der Waals surface area contributed by atoms with Crippen LogP contribution in [0.3, 0.4) is 0 Å². The maximum Gasteiger partial charge on any atom is 0.191 e. The van der Waals surface area contributed by atoms with Crippen LogP contribution in [-0.4, -0.2) is 28.0 Å². The number of rotatable bonds is 5. The molecule has 0 radical (unpaired) electrons. The molecule has 0 aliphatic heterocycles. The summed E-state index contributed by atoms with van der Waals surface area (Å²) >= 11 is 6.84. The van der Waals surface area contributed by atoms with Crippen molar-refractivity contribution in [2.75, 3.05) is 12.4 Å². The second-order valence-corrected chi connectivity index (χ2v) is 7.38. The molecule has 0 atom stereocenters. The minimum absolute atomic E-state index is 0.233. The second kappa shape index (κ2) is 8.81. The highest BCUT2D eigenvalue weighted by Gasteiger charge is 2.12. The predicted molar refractivity (Wildman–Crippen MR) is 119 cm³/mol. The summed E-state index contributed by atoms with van der Waals surface area (Å²) in [6.07, 6.45) is 0. The molecular formula is C20H20N4O2S2. The lowest BCUT2D eigenvalue weighted by Crippen LogP contribution is -2.24. The van der Waals surface area contributed by atoms with Gasteiger partial charge in [0.15, 0.2) is 5.11 Å². The Morgan fingerprint density at radius 1 is 1.14 bits per heavy atom. The van der Waals surface area contributed by atoms with E-state index in [1.54, 1.807) is 30.6 Å². The number of phenolic OH excluding ortho intramolecular Hbond substituents is 1. The Labute approximate surface area is 172 Å². The Kier molecular flexibility index (Phi) is 6.23. The van der Waals surface area contributed by atoms with Gasteiger partial charge in [0.2, 0.25) is 0 Å². The molecule has 0 spiro atoms. The maximum atomic E-state index is 9.44. The first-order valence-electron chi connectivity index (χ1n) is 8.49. The monoisotopic (exact) mass is 412 g/mol. The van der Waals surface area contributed by atoms with Crippen molar-refractivity contribution in [1.29, 1.82) is 0 Å². The van der Waals surface area contributed by atoms with E-state index in [0.717, 1.165) is 38.3 Å². The van der Waals surface area contributed by atoms with Gasteiger partial charge < -0.3 is 15.2 Å². The number of anilines is 1. The van der Waals surface area contributed by atoms with E-state index in [2.05, 4.69) is 20.8 Å². The summed E-state index contributed by atoms with van der Waals surface area (Å²) in [5.41, 5.74) is 6.34. The lowest BCUT2D eigenvalue weighted by atomic mass is 10.2. The molecule has 1 aromatic heterocycles. The summed E-state index contributed by atoms with van der Waals surface area (Å²) in [6, 6.07) is 14.4. The third-order valence-electron chi connectivity index (χ3n) is 3.91. The van der Waals surface area contributed by atoms with E-state index in [-0.39, 0.29) is 5.75 Å². The summed E-state index contributed by atoms with van der Waals surface area (Å²) in [4.78, 5) is 5.59. The van der Waals surface area contributed by atoms with Gasteiger partial charge in [-0.15, -0.1) is 11.3 Å². The number of ether oxygens (including phenoxy) is 1. The molecule has 6 nitrogen and oxygen atoms in total. The molecule has 0 fully saturated rings. The molecule has 3 aromatic rings. The van der Waals surface area contributed by atoms with Crippen LogP contribution in [0.2, 0.25) is 0 Å². The topological polar surface area (TPSA) is 78.8 Å². The largest absolute Gasteiger partial charge is 0.508 e. The lowest BCUT2D eigenvalue weighted by Gasteiger charge is -2.08. The number of aromatic nitrogens is 1. The van der Waals surface area contributed by atoms with E-state index in [1.807, 2.05) is 50.2 Å². The van der Waals surface area contributed by atoms with Gasteiger partial charge in [-0.25, -0.2) is 4.98 Å². The number of hydrogen-bond acceptors (Lipinski definition) is 6. The zero-order valence-electron chi connectivity index (χ0n) is 15.7. The van der Waals surface area contributed by atoms with Gasteiger partial charge in [0, 0.05) is 11.3 Å². The number of aromatic hydroxyl groups is 1. The van der Waals surface area contributed by atoms with Gasteiger partial charge in [-0.1, -0.05) is 0 Å². The molecule has 3 N–H and O–H groups in total. The zero-order chi connectivity index (χ0) is 20.1. The van der Waals surface area contributed by atoms with Gasteiger partial charge in [-0.05, 0) is 74.6 Å². The molecule has 0 aliphatic carbocycles. The summed E-state index contributed by atoms with van der Waals surface area (Å²) in [6.45, 7) is 3.85. The third-order valence-corrected chi connectivity index (χ3v) is 5.42. The van der Waals surface area contributed by atoms with Gasteiger partial charge in [0.05, 0.1) is 23.4 Å². The molecule has 0 unspecified atom stereocenters. The molecule has 0 saturated carbocycles. The molecule has 28 heavy (non-hydrogen) atoms. The molecule has 0 saturated heterocycles. The normalized spacial score (nSPS) is 11.2. The second-order valence-electron chi connectivity index (χ2n) is 5.97. The van der Waals surface area contributed by atoms with E-state index in [0.29, 0.717) is 5.11 Å². The third kappa shape index (κ3) is 4.85. The van der Waals surface area contributed by atoms with Crippen LogP contribution < -0.4 is 15.5 Å². The number of aryl methyl sites for hydroxylation is 1. The average molecular weight is 413 g/mol. The van der Waals surface area contributed by atoms with Gasteiger partial charge in [-0.3, -0.25) is 5.43 Å². The van der Waals surface area contributed by atoms with Crippen molar-refractivity contribution in [3.63, 3.8) is 0 Å². The molecule has 144 valence electrons. The number of thiocarbonyl (C=S) groups is 1. The summed E-state index contributed by atoms with van der Waals surface area (Å²) in [5.74, 6) is 1.01. The Bertz CT molecular complexity index is 996. The Morgan fingerprint density at radius 3 is 2.46 bits per heavy atom. The average Bonchev–Trinajstić information content (AvgIpc) is 3.09. The Morgan fingerprint density at radius 2 is 1.82 bits per heavy atom. The van der Waals surface area contributed by atoms with E-state index in [4.69, 9.17) is 17.0 Å². The smallest absolute Gasteiger partial charge is 0.191 e. The van der Waals surface area contributed by atoms with Crippen LogP contribution >= 0.6 is 23.6 Å². The van der Waals surface area contributed by atoms with Crippen molar-refractivity contribution in [1.82, 2.24) is 10.4 Å². The summed E-state index contributed by atoms with van der Waals surface area (Å²) in [7, 11) is 1.63. The molecule has 1 heterocycles. The van der Waals surface area contributed by atoms with Gasteiger partial charge in [-0.2, -0.15) is 5.10 Å². The van der Waals surface area contributed by atoms with E-state index < -0.39 is 0 Å². The molecule has 8 heteroatoms. The number of phenols is 1. The maximum absolute atomic E-state index is 9.44. The summed E-state index contributed by atoms with van der Waals surface area (Å²) < 4.78 is 5.14. The van der Waals surface area contributed by atoms with Crippen LogP contribution in [0.15, 0.2) is 53.6 Å². The molecule has 2 aromatic carbocycles.